The van der Waals surface area contributed by atoms with Crippen molar-refractivity contribution in [1.29, 1.82) is 0 Å². The van der Waals surface area contributed by atoms with E-state index in [0.717, 1.165) is 31.6 Å². The summed E-state index contributed by atoms with van der Waals surface area (Å²) in [6.45, 7) is 6.97. The molecule has 0 aliphatic heterocycles. The average molecular weight is 363 g/mol. The van der Waals surface area contributed by atoms with E-state index in [4.69, 9.17) is 14.2 Å². The lowest BCUT2D eigenvalue weighted by Gasteiger charge is -2.39. The van der Waals surface area contributed by atoms with Crippen LogP contribution in [0.2, 0.25) is 0 Å². The van der Waals surface area contributed by atoms with Crippen LogP contribution < -0.4 is 19.5 Å². The maximum atomic E-state index is 12.8. The van der Waals surface area contributed by atoms with Gasteiger partial charge in [-0.15, -0.1) is 0 Å². The van der Waals surface area contributed by atoms with Crippen molar-refractivity contribution in [1.82, 2.24) is 5.32 Å². The summed E-state index contributed by atoms with van der Waals surface area (Å²) in [6.07, 6.45) is 5.56. The maximum Gasteiger partial charge on any atom is 0.255 e. The van der Waals surface area contributed by atoms with Gasteiger partial charge in [0, 0.05) is 6.04 Å². The van der Waals surface area contributed by atoms with Crippen molar-refractivity contribution in [3.8, 4) is 17.2 Å². The van der Waals surface area contributed by atoms with Crippen LogP contribution in [0.3, 0.4) is 0 Å². The van der Waals surface area contributed by atoms with Crippen molar-refractivity contribution in [2.24, 2.45) is 11.3 Å². The zero-order valence-corrected chi connectivity index (χ0v) is 17.0. The summed E-state index contributed by atoms with van der Waals surface area (Å²) in [6, 6.07) is 3.67. The van der Waals surface area contributed by atoms with Gasteiger partial charge in [0.2, 0.25) is 5.75 Å². The summed E-state index contributed by atoms with van der Waals surface area (Å²) in [5.74, 6) is 2.00. The molecular formula is C21H33NO4. The summed E-state index contributed by atoms with van der Waals surface area (Å²) < 4.78 is 16.1. The number of ether oxygens (including phenoxy) is 3. The van der Waals surface area contributed by atoms with Gasteiger partial charge in [0.15, 0.2) is 11.5 Å². The second kappa shape index (κ2) is 8.65. The molecule has 5 nitrogen and oxygen atoms in total. The third kappa shape index (κ3) is 4.25. The van der Waals surface area contributed by atoms with E-state index in [0.29, 0.717) is 28.2 Å². The monoisotopic (exact) mass is 363 g/mol. The van der Waals surface area contributed by atoms with Gasteiger partial charge in [-0.05, 0) is 49.1 Å². The number of benzene rings is 1. The van der Waals surface area contributed by atoms with Gasteiger partial charge in [-0.2, -0.15) is 0 Å². The number of rotatable bonds is 7. The molecule has 1 saturated carbocycles. The maximum absolute atomic E-state index is 12.8. The fourth-order valence-corrected chi connectivity index (χ4v) is 3.85. The molecule has 1 aliphatic carbocycles. The molecule has 1 aromatic carbocycles. The first-order chi connectivity index (χ1) is 12.4. The molecule has 2 rings (SSSR count). The Kier molecular flexibility index (Phi) is 6.79. The second-order valence-corrected chi connectivity index (χ2v) is 7.75. The normalized spacial score (nSPS) is 20.4. The Labute approximate surface area is 157 Å². The van der Waals surface area contributed by atoms with Gasteiger partial charge in [-0.1, -0.05) is 27.2 Å². The highest BCUT2D eigenvalue weighted by molar-refractivity contribution is 5.98. The van der Waals surface area contributed by atoms with Crippen LogP contribution in [0.1, 0.15) is 63.2 Å². The standard InChI is InChI=1S/C21H33NO4/c1-7-21(2,3)14-8-10-15(11-9-14)22-20(23)16-12-13-17(24-4)19(26-6)18(16)25-5/h12-15H,7-11H2,1-6H3,(H,22,23). The molecule has 26 heavy (non-hydrogen) atoms. The Morgan fingerprint density at radius 1 is 1.04 bits per heavy atom. The van der Waals surface area contributed by atoms with Crippen LogP contribution in [0.5, 0.6) is 17.2 Å². The smallest absolute Gasteiger partial charge is 0.255 e. The Balaban J connectivity index is 2.07. The van der Waals surface area contributed by atoms with E-state index in [-0.39, 0.29) is 11.9 Å². The van der Waals surface area contributed by atoms with Crippen LogP contribution >= 0.6 is 0 Å². The van der Waals surface area contributed by atoms with Crippen molar-refractivity contribution < 1.29 is 19.0 Å². The Hall–Kier alpha value is -1.91. The van der Waals surface area contributed by atoms with E-state index in [1.54, 1.807) is 26.4 Å². The molecule has 5 heteroatoms. The Morgan fingerprint density at radius 2 is 1.65 bits per heavy atom. The lowest BCUT2D eigenvalue weighted by Crippen LogP contribution is -2.40. The van der Waals surface area contributed by atoms with Gasteiger partial charge in [0.25, 0.3) is 5.91 Å². The first-order valence-corrected chi connectivity index (χ1v) is 9.47. The SMILES string of the molecule is CCC(C)(C)C1CCC(NC(=O)c2ccc(OC)c(OC)c2OC)CC1. The topological polar surface area (TPSA) is 56.8 Å². The third-order valence-electron chi connectivity index (χ3n) is 6.03. The number of hydrogen-bond acceptors (Lipinski definition) is 4. The van der Waals surface area contributed by atoms with Crippen LogP contribution in [0, 0.1) is 11.3 Å². The number of carbonyl (C=O) groups excluding carboxylic acids is 1. The van der Waals surface area contributed by atoms with Gasteiger partial charge in [0.1, 0.15) is 0 Å². The number of carbonyl (C=O) groups is 1. The average Bonchev–Trinajstić information content (AvgIpc) is 2.66. The highest BCUT2D eigenvalue weighted by Crippen LogP contribution is 2.41. The molecule has 0 radical (unpaired) electrons. The predicted molar refractivity (Wildman–Crippen MR) is 103 cm³/mol. The Morgan fingerprint density at radius 3 is 2.15 bits per heavy atom. The molecule has 0 bridgehead atoms. The number of amides is 1. The molecular weight excluding hydrogens is 330 g/mol. The minimum absolute atomic E-state index is 0.124. The first kappa shape index (κ1) is 20.4. The molecule has 0 heterocycles. The number of hydrogen-bond donors (Lipinski definition) is 1. The minimum atomic E-state index is -0.124. The van der Waals surface area contributed by atoms with Crippen molar-refractivity contribution in [3.63, 3.8) is 0 Å². The third-order valence-corrected chi connectivity index (χ3v) is 6.03. The fraction of sp³-hybridized carbons (Fsp3) is 0.667. The van der Waals surface area contributed by atoms with Crippen molar-refractivity contribution in [2.45, 2.75) is 58.9 Å². The van der Waals surface area contributed by atoms with Gasteiger partial charge in [-0.3, -0.25) is 4.79 Å². The quantitative estimate of drug-likeness (QED) is 0.778. The first-order valence-electron chi connectivity index (χ1n) is 9.47. The highest BCUT2D eigenvalue weighted by atomic mass is 16.5. The molecule has 1 aromatic rings. The molecule has 1 fully saturated rings. The summed E-state index contributed by atoms with van der Waals surface area (Å²) in [4.78, 5) is 12.8. The van der Waals surface area contributed by atoms with Crippen LogP contribution in [0.25, 0.3) is 0 Å². The van der Waals surface area contributed by atoms with Crippen LogP contribution in [0.4, 0.5) is 0 Å². The molecule has 1 aliphatic rings. The molecule has 146 valence electrons. The summed E-state index contributed by atoms with van der Waals surface area (Å²) in [5, 5.41) is 3.17. The molecule has 0 unspecified atom stereocenters. The fourth-order valence-electron chi connectivity index (χ4n) is 3.85. The van der Waals surface area contributed by atoms with Crippen molar-refractivity contribution >= 4 is 5.91 Å². The summed E-state index contributed by atoms with van der Waals surface area (Å²) in [5.41, 5.74) is 0.850. The number of nitrogens with one attached hydrogen (secondary N) is 1. The van der Waals surface area contributed by atoms with E-state index in [1.165, 1.54) is 13.5 Å². The lowest BCUT2D eigenvalue weighted by atomic mass is 9.69. The van der Waals surface area contributed by atoms with E-state index >= 15 is 0 Å². The molecule has 0 saturated heterocycles. The zero-order valence-electron chi connectivity index (χ0n) is 17.0. The van der Waals surface area contributed by atoms with E-state index in [2.05, 4.69) is 26.1 Å². The van der Waals surface area contributed by atoms with Crippen molar-refractivity contribution in [3.05, 3.63) is 17.7 Å². The second-order valence-electron chi connectivity index (χ2n) is 7.75. The largest absolute Gasteiger partial charge is 0.493 e. The molecule has 1 N–H and O–H groups in total. The van der Waals surface area contributed by atoms with E-state index in [1.807, 2.05) is 0 Å². The molecule has 0 spiro atoms. The van der Waals surface area contributed by atoms with Crippen LogP contribution in [-0.2, 0) is 0 Å². The predicted octanol–water partition coefficient (Wildman–Crippen LogP) is 4.44. The van der Waals surface area contributed by atoms with Crippen LogP contribution in [-0.4, -0.2) is 33.3 Å². The number of methoxy groups -OCH3 is 3. The minimum Gasteiger partial charge on any atom is -0.493 e. The van der Waals surface area contributed by atoms with Crippen molar-refractivity contribution in [2.75, 3.05) is 21.3 Å². The molecule has 1 amide bonds. The van der Waals surface area contributed by atoms with Gasteiger partial charge < -0.3 is 19.5 Å². The highest BCUT2D eigenvalue weighted by Gasteiger charge is 2.32. The van der Waals surface area contributed by atoms with Crippen LogP contribution in [0.15, 0.2) is 12.1 Å². The summed E-state index contributed by atoms with van der Waals surface area (Å²) >= 11 is 0. The molecule has 0 atom stereocenters. The van der Waals surface area contributed by atoms with Gasteiger partial charge in [-0.25, -0.2) is 0 Å². The van der Waals surface area contributed by atoms with Gasteiger partial charge >= 0.3 is 0 Å². The van der Waals surface area contributed by atoms with E-state index < -0.39 is 0 Å². The Bertz CT molecular complexity index is 619. The lowest BCUT2D eigenvalue weighted by molar-refractivity contribution is 0.0889. The molecule has 0 aromatic heterocycles. The summed E-state index contributed by atoms with van der Waals surface area (Å²) in [7, 11) is 4.64. The van der Waals surface area contributed by atoms with E-state index in [9.17, 15) is 4.79 Å². The van der Waals surface area contributed by atoms with Gasteiger partial charge in [0.05, 0.1) is 26.9 Å². The zero-order chi connectivity index (χ0) is 19.3.